The highest BCUT2D eigenvalue weighted by atomic mass is 16.5. The Labute approximate surface area is 186 Å². The van der Waals surface area contributed by atoms with E-state index in [0.29, 0.717) is 51.5 Å². The molecule has 5 rings (SSSR count). The number of hydrogen-bond donors (Lipinski definition) is 2. The summed E-state index contributed by atoms with van der Waals surface area (Å²) in [5, 5.41) is 8.24. The van der Waals surface area contributed by atoms with E-state index < -0.39 is 0 Å². The number of nitrogens with zero attached hydrogens (tertiary/aromatic N) is 5. The van der Waals surface area contributed by atoms with Gasteiger partial charge in [-0.25, -0.2) is 10.9 Å². The molecular formula is C21H29N7O4. The lowest BCUT2D eigenvalue weighted by molar-refractivity contribution is -0.135. The number of aromatic nitrogens is 3. The highest BCUT2D eigenvalue weighted by molar-refractivity contribution is 5.92. The molecule has 2 aromatic rings. The van der Waals surface area contributed by atoms with E-state index >= 15 is 0 Å². The zero-order valence-corrected chi connectivity index (χ0v) is 18.0. The number of ether oxygens (including phenoxy) is 1. The van der Waals surface area contributed by atoms with Crippen molar-refractivity contribution in [2.24, 2.45) is 5.92 Å². The lowest BCUT2D eigenvalue weighted by atomic mass is 9.97. The van der Waals surface area contributed by atoms with Crippen LogP contribution in [0.3, 0.4) is 0 Å². The molecule has 0 saturated carbocycles. The number of rotatable bonds is 5. The second-order valence-electron chi connectivity index (χ2n) is 8.67. The summed E-state index contributed by atoms with van der Waals surface area (Å²) in [7, 11) is 0. The van der Waals surface area contributed by atoms with Crippen molar-refractivity contribution in [3.05, 3.63) is 36.0 Å². The number of hydrogen-bond acceptors (Lipinski definition) is 8. The van der Waals surface area contributed by atoms with Gasteiger partial charge in [0, 0.05) is 32.7 Å². The van der Waals surface area contributed by atoms with Gasteiger partial charge in [-0.15, -0.1) is 5.10 Å². The molecule has 3 atom stereocenters. The number of piperidine rings is 1. The number of morpholine rings is 1. The largest absolute Gasteiger partial charge is 0.468 e. The van der Waals surface area contributed by atoms with Crippen molar-refractivity contribution in [1.29, 1.82) is 0 Å². The molecule has 11 heteroatoms. The van der Waals surface area contributed by atoms with Gasteiger partial charge >= 0.3 is 0 Å². The molecule has 5 heterocycles. The van der Waals surface area contributed by atoms with Gasteiger partial charge in [0.05, 0.1) is 31.7 Å². The molecular weight excluding hydrogens is 414 g/mol. The molecule has 2 unspecified atom stereocenters. The zero-order valence-electron chi connectivity index (χ0n) is 18.0. The summed E-state index contributed by atoms with van der Waals surface area (Å²) in [5.74, 6) is 1.11. The average molecular weight is 444 g/mol. The van der Waals surface area contributed by atoms with E-state index in [2.05, 4.69) is 21.2 Å². The van der Waals surface area contributed by atoms with E-state index in [-0.39, 0.29) is 29.8 Å². The average Bonchev–Trinajstić information content (AvgIpc) is 3.60. The second kappa shape index (κ2) is 9.39. The van der Waals surface area contributed by atoms with E-state index in [4.69, 9.17) is 9.15 Å². The molecule has 32 heavy (non-hydrogen) atoms. The van der Waals surface area contributed by atoms with Crippen molar-refractivity contribution < 1.29 is 18.7 Å². The van der Waals surface area contributed by atoms with Crippen LogP contribution in [0.4, 0.5) is 0 Å². The van der Waals surface area contributed by atoms with Crippen LogP contribution in [0.2, 0.25) is 0 Å². The fourth-order valence-corrected chi connectivity index (χ4v) is 4.71. The number of amides is 2. The number of hydrazine groups is 1. The van der Waals surface area contributed by atoms with E-state index in [9.17, 15) is 9.59 Å². The van der Waals surface area contributed by atoms with E-state index in [1.165, 1.54) is 0 Å². The minimum atomic E-state index is -0.270. The number of carbonyl (C=O) groups is 2. The maximum absolute atomic E-state index is 13.1. The molecule has 3 aliphatic heterocycles. The lowest BCUT2D eigenvalue weighted by Gasteiger charge is -2.34. The van der Waals surface area contributed by atoms with Crippen LogP contribution in [-0.2, 0) is 16.1 Å². The number of likely N-dealkylation sites (tertiary alicyclic amines) is 1. The fraction of sp³-hybridized carbons (Fsp3) is 0.619. The normalized spacial score (nSPS) is 26.4. The molecule has 3 saturated heterocycles. The van der Waals surface area contributed by atoms with E-state index in [1.54, 1.807) is 22.0 Å². The van der Waals surface area contributed by atoms with Crippen molar-refractivity contribution in [2.45, 2.75) is 37.9 Å². The predicted molar refractivity (Wildman–Crippen MR) is 112 cm³/mol. The van der Waals surface area contributed by atoms with Gasteiger partial charge in [-0.05, 0) is 37.3 Å². The summed E-state index contributed by atoms with van der Waals surface area (Å²) in [6, 6.07) is 3.50. The Morgan fingerprint density at radius 2 is 2.03 bits per heavy atom. The molecule has 2 N–H and O–H groups in total. The summed E-state index contributed by atoms with van der Waals surface area (Å²) in [5.41, 5.74) is 6.65. The Kier molecular flexibility index (Phi) is 6.19. The first-order valence-electron chi connectivity index (χ1n) is 11.3. The third kappa shape index (κ3) is 4.54. The van der Waals surface area contributed by atoms with Crippen LogP contribution < -0.4 is 10.9 Å². The smallest absolute Gasteiger partial charge is 0.276 e. The zero-order chi connectivity index (χ0) is 21.9. The third-order valence-electron chi connectivity index (χ3n) is 6.42. The Bertz CT molecular complexity index is 924. The van der Waals surface area contributed by atoms with E-state index in [0.717, 1.165) is 25.1 Å². The first-order chi connectivity index (χ1) is 15.7. The Morgan fingerprint density at radius 1 is 1.16 bits per heavy atom. The van der Waals surface area contributed by atoms with Crippen LogP contribution in [0.15, 0.2) is 29.0 Å². The SMILES string of the molecule is O=C(c1cn(C[C@H]2CCCN(C(=O)C3CC(c4ccco4)NN3)C2)nn1)N1CCOCC1. The summed E-state index contributed by atoms with van der Waals surface area (Å²) >= 11 is 0. The topological polar surface area (TPSA) is 118 Å². The van der Waals surface area contributed by atoms with Gasteiger partial charge in [0.2, 0.25) is 5.91 Å². The number of furan rings is 1. The molecule has 0 radical (unpaired) electrons. The predicted octanol–water partition coefficient (Wildman–Crippen LogP) is 0.190. The maximum atomic E-state index is 13.1. The van der Waals surface area contributed by atoms with Crippen molar-refractivity contribution in [3.8, 4) is 0 Å². The molecule has 2 aromatic heterocycles. The van der Waals surface area contributed by atoms with Crippen LogP contribution in [0, 0.1) is 5.92 Å². The number of carbonyl (C=O) groups excluding carboxylic acids is 2. The van der Waals surface area contributed by atoms with Gasteiger partial charge in [0.15, 0.2) is 5.69 Å². The van der Waals surface area contributed by atoms with Gasteiger partial charge in [0.1, 0.15) is 11.8 Å². The molecule has 0 bridgehead atoms. The monoisotopic (exact) mass is 443 g/mol. The molecule has 11 nitrogen and oxygen atoms in total. The summed E-state index contributed by atoms with van der Waals surface area (Å²) < 4.78 is 12.5. The van der Waals surface area contributed by atoms with Gasteiger partial charge in [-0.2, -0.15) is 0 Å². The minimum absolute atomic E-state index is 0.00268. The van der Waals surface area contributed by atoms with Crippen LogP contribution in [0.25, 0.3) is 0 Å². The van der Waals surface area contributed by atoms with Gasteiger partial charge in [-0.1, -0.05) is 5.21 Å². The van der Waals surface area contributed by atoms with Crippen molar-refractivity contribution in [2.75, 3.05) is 39.4 Å². The Balaban J connectivity index is 1.15. The molecule has 0 spiro atoms. The first-order valence-corrected chi connectivity index (χ1v) is 11.3. The highest BCUT2D eigenvalue weighted by Crippen LogP contribution is 2.25. The maximum Gasteiger partial charge on any atom is 0.276 e. The third-order valence-corrected chi connectivity index (χ3v) is 6.42. The van der Waals surface area contributed by atoms with Crippen LogP contribution in [0.1, 0.15) is 41.6 Å². The quantitative estimate of drug-likeness (QED) is 0.673. The van der Waals surface area contributed by atoms with Gasteiger partial charge in [-0.3, -0.25) is 14.3 Å². The van der Waals surface area contributed by atoms with Gasteiger partial charge in [0.25, 0.3) is 5.91 Å². The molecule has 172 valence electrons. The van der Waals surface area contributed by atoms with Crippen molar-refractivity contribution in [1.82, 2.24) is 35.6 Å². The Morgan fingerprint density at radius 3 is 2.84 bits per heavy atom. The highest BCUT2D eigenvalue weighted by Gasteiger charge is 2.35. The molecule has 0 aromatic carbocycles. The summed E-state index contributed by atoms with van der Waals surface area (Å²) in [6.07, 6.45) is 5.98. The van der Waals surface area contributed by atoms with Crippen LogP contribution in [0.5, 0.6) is 0 Å². The summed E-state index contributed by atoms with van der Waals surface area (Å²) in [6.45, 7) is 4.34. The van der Waals surface area contributed by atoms with Crippen LogP contribution >= 0.6 is 0 Å². The standard InChI is InChI=1S/C21H29N7O4/c29-20(17-11-16(22-23-17)19-4-2-8-32-19)27-5-1-3-15(12-27)13-28-14-18(24-25-28)21(30)26-6-9-31-10-7-26/h2,4,8,14-17,22-23H,1,3,5-7,9-13H2/t15-,16?,17?/m0/s1. The first kappa shape index (κ1) is 21.1. The Hall–Kier alpha value is -2.76. The minimum Gasteiger partial charge on any atom is -0.468 e. The molecule has 3 fully saturated rings. The van der Waals surface area contributed by atoms with Crippen molar-refractivity contribution >= 4 is 11.8 Å². The molecule has 0 aliphatic carbocycles. The summed E-state index contributed by atoms with van der Waals surface area (Å²) in [4.78, 5) is 29.4. The van der Waals surface area contributed by atoms with Gasteiger partial charge < -0.3 is 19.0 Å². The van der Waals surface area contributed by atoms with E-state index in [1.807, 2.05) is 17.0 Å². The van der Waals surface area contributed by atoms with Crippen molar-refractivity contribution in [3.63, 3.8) is 0 Å². The second-order valence-corrected chi connectivity index (χ2v) is 8.67. The molecule has 3 aliphatic rings. The molecule has 2 amide bonds. The fourth-order valence-electron chi connectivity index (χ4n) is 4.71. The lowest BCUT2D eigenvalue weighted by Crippen LogP contribution is -2.49. The van der Waals surface area contributed by atoms with Crippen LogP contribution in [-0.4, -0.2) is 82.0 Å². The number of nitrogens with one attached hydrogen (secondary N) is 2.